The normalized spacial score (nSPS) is 15.7. The molecule has 0 radical (unpaired) electrons. The molecule has 1 aliphatic rings. The first-order valence-electron chi connectivity index (χ1n) is 7.79. The van der Waals surface area contributed by atoms with Crippen molar-refractivity contribution in [1.29, 1.82) is 0 Å². The standard InChI is InChI=1S/C19H22N2/c1-2-8-17(9-3-1)19(18-11-13-20-14-12-18)21-15-10-16-6-4-5-7-16/h1-3,6,8-9,11-14,19,21H,4-5,7,10,15H2. The zero-order chi connectivity index (χ0) is 14.3. The van der Waals surface area contributed by atoms with Gasteiger partial charge in [0.15, 0.2) is 0 Å². The van der Waals surface area contributed by atoms with Crippen LogP contribution >= 0.6 is 0 Å². The predicted octanol–water partition coefficient (Wildman–Crippen LogP) is 4.26. The fraction of sp³-hybridized carbons (Fsp3) is 0.316. The van der Waals surface area contributed by atoms with E-state index in [1.807, 2.05) is 12.4 Å². The maximum atomic E-state index is 4.13. The highest BCUT2D eigenvalue weighted by Crippen LogP contribution is 2.23. The van der Waals surface area contributed by atoms with Crippen LogP contribution in [0, 0.1) is 0 Å². The third-order valence-electron chi connectivity index (χ3n) is 4.10. The first-order chi connectivity index (χ1) is 10.4. The Morgan fingerprint density at radius 1 is 1.00 bits per heavy atom. The number of aromatic nitrogens is 1. The maximum Gasteiger partial charge on any atom is 0.0577 e. The Bertz CT molecular complexity index is 536. The largest absolute Gasteiger partial charge is 0.306 e. The van der Waals surface area contributed by atoms with Gasteiger partial charge in [-0.15, -0.1) is 0 Å². The zero-order valence-corrected chi connectivity index (χ0v) is 12.3. The molecule has 1 aliphatic carbocycles. The Balaban J connectivity index is 1.70. The number of rotatable bonds is 6. The van der Waals surface area contributed by atoms with E-state index in [9.17, 15) is 0 Å². The summed E-state index contributed by atoms with van der Waals surface area (Å²) in [7, 11) is 0. The van der Waals surface area contributed by atoms with E-state index in [-0.39, 0.29) is 6.04 Å². The summed E-state index contributed by atoms with van der Waals surface area (Å²) in [4.78, 5) is 4.13. The number of hydrogen-bond acceptors (Lipinski definition) is 2. The van der Waals surface area contributed by atoms with Crippen LogP contribution in [0.4, 0.5) is 0 Å². The van der Waals surface area contributed by atoms with Gasteiger partial charge in [-0.05, 0) is 55.5 Å². The Hall–Kier alpha value is -1.93. The first-order valence-corrected chi connectivity index (χ1v) is 7.79. The minimum atomic E-state index is 0.246. The molecule has 2 aromatic rings. The second-order valence-corrected chi connectivity index (χ2v) is 5.58. The minimum Gasteiger partial charge on any atom is -0.306 e. The van der Waals surface area contributed by atoms with Gasteiger partial charge in [-0.2, -0.15) is 0 Å². The fourth-order valence-corrected chi connectivity index (χ4v) is 2.97. The van der Waals surface area contributed by atoms with Gasteiger partial charge in [0.25, 0.3) is 0 Å². The van der Waals surface area contributed by atoms with Gasteiger partial charge >= 0.3 is 0 Å². The van der Waals surface area contributed by atoms with Crippen LogP contribution in [0.3, 0.4) is 0 Å². The summed E-state index contributed by atoms with van der Waals surface area (Å²) in [6.45, 7) is 1.02. The summed E-state index contributed by atoms with van der Waals surface area (Å²) in [5.74, 6) is 0. The van der Waals surface area contributed by atoms with Crippen LogP contribution < -0.4 is 5.32 Å². The van der Waals surface area contributed by atoms with E-state index < -0.39 is 0 Å². The first kappa shape index (κ1) is 14.0. The number of allylic oxidation sites excluding steroid dienone is 1. The van der Waals surface area contributed by atoms with Crippen molar-refractivity contribution in [3.05, 3.63) is 77.6 Å². The molecule has 1 aromatic heterocycles. The molecule has 0 aliphatic heterocycles. The van der Waals surface area contributed by atoms with Crippen LogP contribution in [-0.2, 0) is 0 Å². The molecule has 3 rings (SSSR count). The number of pyridine rings is 1. The third-order valence-corrected chi connectivity index (χ3v) is 4.10. The lowest BCUT2D eigenvalue weighted by molar-refractivity contribution is 0.600. The predicted molar refractivity (Wildman–Crippen MR) is 87.1 cm³/mol. The Morgan fingerprint density at radius 3 is 2.48 bits per heavy atom. The third kappa shape index (κ3) is 3.79. The quantitative estimate of drug-likeness (QED) is 0.799. The van der Waals surface area contributed by atoms with Gasteiger partial charge in [0.1, 0.15) is 0 Å². The van der Waals surface area contributed by atoms with Crippen molar-refractivity contribution in [2.24, 2.45) is 0 Å². The highest BCUT2D eigenvalue weighted by Gasteiger charge is 2.13. The van der Waals surface area contributed by atoms with Crippen molar-refractivity contribution in [1.82, 2.24) is 10.3 Å². The lowest BCUT2D eigenvalue weighted by atomic mass is 9.99. The molecule has 108 valence electrons. The topological polar surface area (TPSA) is 24.9 Å². The summed E-state index contributed by atoms with van der Waals surface area (Å²) in [5.41, 5.74) is 4.20. The van der Waals surface area contributed by atoms with Crippen molar-refractivity contribution in [2.75, 3.05) is 6.54 Å². The van der Waals surface area contributed by atoms with Gasteiger partial charge < -0.3 is 5.32 Å². The molecule has 0 saturated heterocycles. The summed E-state index contributed by atoms with van der Waals surface area (Å²) < 4.78 is 0. The molecule has 0 amide bonds. The van der Waals surface area contributed by atoms with Gasteiger partial charge in [0.05, 0.1) is 6.04 Å². The molecule has 0 saturated carbocycles. The Kier molecular flexibility index (Phi) is 4.80. The Morgan fingerprint density at radius 2 is 1.76 bits per heavy atom. The lowest BCUT2D eigenvalue weighted by Crippen LogP contribution is -2.23. The van der Waals surface area contributed by atoms with Crippen molar-refractivity contribution >= 4 is 0 Å². The molecule has 1 atom stereocenters. The molecule has 1 aromatic carbocycles. The summed E-state index contributed by atoms with van der Waals surface area (Å²) in [6, 6.07) is 15.1. The van der Waals surface area contributed by atoms with Crippen LogP contribution in [0.25, 0.3) is 0 Å². The van der Waals surface area contributed by atoms with E-state index in [0.717, 1.165) is 13.0 Å². The number of nitrogens with one attached hydrogen (secondary N) is 1. The van der Waals surface area contributed by atoms with Crippen LogP contribution in [0.15, 0.2) is 66.5 Å². The van der Waals surface area contributed by atoms with E-state index in [2.05, 4.69) is 58.8 Å². The smallest absolute Gasteiger partial charge is 0.0577 e. The van der Waals surface area contributed by atoms with Gasteiger partial charge in [-0.1, -0.05) is 42.0 Å². The van der Waals surface area contributed by atoms with Crippen molar-refractivity contribution < 1.29 is 0 Å². The number of hydrogen-bond donors (Lipinski definition) is 1. The molecule has 1 heterocycles. The van der Waals surface area contributed by atoms with Crippen LogP contribution in [0.5, 0.6) is 0 Å². The van der Waals surface area contributed by atoms with Gasteiger partial charge in [-0.3, -0.25) is 4.98 Å². The minimum absolute atomic E-state index is 0.246. The van der Waals surface area contributed by atoms with Crippen LogP contribution in [0.2, 0.25) is 0 Å². The number of nitrogens with zero attached hydrogens (tertiary/aromatic N) is 1. The van der Waals surface area contributed by atoms with Crippen LogP contribution in [0.1, 0.15) is 42.9 Å². The van der Waals surface area contributed by atoms with Crippen LogP contribution in [-0.4, -0.2) is 11.5 Å². The molecular weight excluding hydrogens is 256 g/mol. The van der Waals surface area contributed by atoms with Gasteiger partial charge in [0, 0.05) is 12.4 Å². The SMILES string of the molecule is C1=C(CCNC(c2ccccc2)c2ccncc2)CCC1. The molecule has 0 spiro atoms. The van der Waals surface area contributed by atoms with E-state index in [0.29, 0.717) is 0 Å². The molecule has 1 N–H and O–H groups in total. The van der Waals surface area contributed by atoms with E-state index in [4.69, 9.17) is 0 Å². The molecule has 21 heavy (non-hydrogen) atoms. The summed E-state index contributed by atoms with van der Waals surface area (Å²) in [5, 5.41) is 3.71. The zero-order valence-electron chi connectivity index (χ0n) is 12.3. The monoisotopic (exact) mass is 278 g/mol. The van der Waals surface area contributed by atoms with E-state index in [1.165, 1.54) is 30.4 Å². The van der Waals surface area contributed by atoms with Crippen molar-refractivity contribution in [2.45, 2.75) is 31.7 Å². The number of benzene rings is 1. The Labute approximate surface area is 126 Å². The molecule has 2 nitrogen and oxygen atoms in total. The van der Waals surface area contributed by atoms with Crippen molar-refractivity contribution in [3.63, 3.8) is 0 Å². The second-order valence-electron chi connectivity index (χ2n) is 5.58. The highest BCUT2D eigenvalue weighted by molar-refractivity contribution is 5.30. The molecule has 0 fully saturated rings. The highest BCUT2D eigenvalue weighted by atomic mass is 14.9. The molecule has 0 bridgehead atoms. The lowest BCUT2D eigenvalue weighted by Gasteiger charge is -2.20. The average molecular weight is 278 g/mol. The molecule has 1 unspecified atom stereocenters. The summed E-state index contributed by atoms with van der Waals surface area (Å²) >= 11 is 0. The second kappa shape index (κ2) is 7.19. The maximum absolute atomic E-state index is 4.13. The average Bonchev–Trinajstić information content (AvgIpc) is 3.07. The van der Waals surface area contributed by atoms with Gasteiger partial charge in [-0.25, -0.2) is 0 Å². The van der Waals surface area contributed by atoms with Crippen molar-refractivity contribution in [3.8, 4) is 0 Å². The van der Waals surface area contributed by atoms with E-state index >= 15 is 0 Å². The molecule has 2 heteroatoms. The fourth-order valence-electron chi connectivity index (χ4n) is 2.97. The summed E-state index contributed by atoms with van der Waals surface area (Å²) in [6.07, 6.45) is 11.2. The molecular formula is C19H22N2. The van der Waals surface area contributed by atoms with Gasteiger partial charge in [0.2, 0.25) is 0 Å². The van der Waals surface area contributed by atoms with E-state index in [1.54, 1.807) is 5.57 Å².